The van der Waals surface area contributed by atoms with Crippen LogP contribution < -0.4 is 9.47 Å². The molecule has 36 heavy (non-hydrogen) atoms. The Morgan fingerprint density at radius 2 is 1.64 bits per heavy atom. The van der Waals surface area contributed by atoms with E-state index in [9.17, 15) is 18.0 Å². The molecule has 1 fully saturated rings. The average Bonchev–Trinajstić information content (AvgIpc) is 3.53. The summed E-state index contributed by atoms with van der Waals surface area (Å²) in [6, 6.07) is 10.6. The molecule has 2 aromatic carbocycles. The molecule has 0 aliphatic carbocycles. The average molecular weight is 503 g/mol. The van der Waals surface area contributed by atoms with Gasteiger partial charge in [0.2, 0.25) is 12.7 Å². The number of hydrogen-bond donors (Lipinski definition) is 0. The predicted molar refractivity (Wildman–Crippen MR) is 120 cm³/mol. The first-order valence-electron chi connectivity index (χ1n) is 11.4. The van der Waals surface area contributed by atoms with E-state index in [2.05, 4.69) is 4.98 Å². The van der Waals surface area contributed by atoms with Gasteiger partial charge < -0.3 is 23.5 Å². The van der Waals surface area contributed by atoms with E-state index in [-0.39, 0.29) is 24.9 Å². The molecule has 0 atom stereocenters. The highest BCUT2D eigenvalue weighted by atomic mass is 19.4. The van der Waals surface area contributed by atoms with Crippen molar-refractivity contribution in [1.29, 1.82) is 0 Å². The van der Waals surface area contributed by atoms with Crippen LogP contribution in [0.3, 0.4) is 0 Å². The van der Waals surface area contributed by atoms with E-state index in [1.807, 2.05) is 23.1 Å². The van der Waals surface area contributed by atoms with Gasteiger partial charge in [0.1, 0.15) is 6.26 Å². The zero-order valence-electron chi connectivity index (χ0n) is 19.3. The maximum atomic E-state index is 13.0. The van der Waals surface area contributed by atoms with Gasteiger partial charge in [-0.15, -0.1) is 0 Å². The number of carbonyl (C=O) groups excluding carboxylic acids is 1. The van der Waals surface area contributed by atoms with Gasteiger partial charge in [0.25, 0.3) is 5.91 Å². The zero-order valence-corrected chi connectivity index (χ0v) is 19.3. The van der Waals surface area contributed by atoms with Crippen LogP contribution >= 0.6 is 0 Å². The van der Waals surface area contributed by atoms with Crippen molar-refractivity contribution in [2.24, 2.45) is 0 Å². The van der Waals surface area contributed by atoms with Gasteiger partial charge >= 0.3 is 6.18 Å². The minimum absolute atomic E-state index is 0.157. The summed E-state index contributed by atoms with van der Waals surface area (Å²) in [4.78, 5) is 20.7. The molecule has 2 aliphatic heterocycles. The fourth-order valence-electron chi connectivity index (χ4n) is 4.12. The number of alkyl halides is 3. The van der Waals surface area contributed by atoms with Crippen LogP contribution in [0.2, 0.25) is 0 Å². The quantitative estimate of drug-likeness (QED) is 0.481. The summed E-state index contributed by atoms with van der Waals surface area (Å²) in [5.74, 6) is 1.40. The lowest BCUT2D eigenvalue weighted by Crippen LogP contribution is -2.40. The van der Waals surface area contributed by atoms with Crippen LogP contribution in [-0.2, 0) is 30.5 Å². The van der Waals surface area contributed by atoms with Gasteiger partial charge in [0.05, 0.1) is 25.3 Å². The van der Waals surface area contributed by atoms with E-state index in [1.165, 1.54) is 18.4 Å². The molecule has 0 unspecified atom stereocenters. The number of amides is 1. The van der Waals surface area contributed by atoms with E-state index in [4.69, 9.17) is 18.6 Å². The molecule has 2 aliphatic rings. The third-order valence-electron chi connectivity index (χ3n) is 5.96. The van der Waals surface area contributed by atoms with Crippen molar-refractivity contribution in [2.75, 3.05) is 33.1 Å². The lowest BCUT2D eigenvalue weighted by atomic mass is 10.1. The Kier molecular flexibility index (Phi) is 6.84. The molecule has 190 valence electrons. The van der Waals surface area contributed by atoms with Crippen LogP contribution in [0.25, 0.3) is 0 Å². The smallest absolute Gasteiger partial charge is 0.416 e. The van der Waals surface area contributed by atoms with Crippen LogP contribution in [0.5, 0.6) is 11.5 Å². The normalized spacial score (nSPS) is 15.5. The van der Waals surface area contributed by atoms with Gasteiger partial charge in [-0.1, -0.05) is 18.2 Å². The third-order valence-corrected chi connectivity index (χ3v) is 5.96. The highest BCUT2D eigenvalue weighted by Crippen LogP contribution is 2.33. The predicted octanol–water partition coefficient (Wildman–Crippen LogP) is 4.10. The SMILES string of the molecule is O=C(c1coc(CN(Cc2ccc(C(F)(F)F)cc2)Cc2ccc3c(c2)OCO3)n1)N1CCOCC1. The molecule has 0 bridgehead atoms. The summed E-state index contributed by atoms with van der Waals surface area (Å²) in [7, 11) is 0. The maximum Gasteiger partial charge on any atom is 0.416 e. The number of ether oxygens (including phenoxy) is 3. The summed E-state index contributed by atoms with van der Waals surface area (Å²) in [5, 5.41) is 0. The molecule has 1 aromatic heterocycles. The molecule has 1 saturated heterocycles. The summed E-state index contributed by atoms with van der Waals surface area (Å²) in [5.41, 5.74) is 1.12. The second kappa shape index (κ2) is 10.2. The van der Waals surface area contributed by atoms with Crippen molar-refractivity contribution in [3.05, 3.63) is 77.0 Å². The number of aromatic nitrogens is 1. The zero-order chi connectivity index (χ0) is 25.1. The van der Waals surface area contributed by atoms with Crippen molar-refractivity contribution in [3.8, 4) is 11.5 Å². The van der Waals surface area contributed by atoms with Crippen molar-refractivity contribution in [2.45, 2.75) is 25.8 Å². The minimum atomic E-state index is -4.40. The van der Waals surface area contributed by atoms with E-state index in [0.717, 1.165) is 17.7 Å². The molecule has 11 heteroatoms. The fraction of sp³-hybridized carbons (Fsp3) is 0.360. The molecule has 0 N–H and O–H groups in total. The van der Waals surface area contributed by atoms with Gasteiger partial charge in [0, 0.05) is 26.2 Å². The van der Waals surface area contributed by atoms with Crippen molar-refractivity contribution >= 4 is 5.91 Å². The number of fused-ring (bicyclic) bond motifs is 1. The monoisotopic (exact) mass is 503 g/mol. The first kappa shape index (κ1) is 24.1. The van der Waals surface area contributed by atoms with Crippen LogP contribution in [0.4, 0.5) is 13.2 Å². The van der Waals surface area contributed by atoms with E-state index < -0.39 is 11.7 Å². The van der Waals surface area contributed by atoms with E-state index in [1.54, 1.807) is 4.90 Å². The summed E-state index contributed by atoms with van der Waals surface area (Å²) < 4.78 is 60.6. The standard InChI is InChI=1S/C25H24F3N3O5/c26-25(27,28)19-4-1-17(2-5-19)12-30(13-18-3-6-21-22(11-18)36-16-35-21)14-23-29-20(15-34-23)24(32)31-7-9-33-10-8-31/h1-6,11,15H,7-10,12-14,16H2. The Morgan fingerprint density at radius 3 is 2.39 bits per heavy atom. The molecule has 5 rings (SSSR count). The number of oxazole rings is 1. The molecule has 0 spiro atoms. The van der Waals surface area contributed by atoms with E-state index in [0.29, 0.717) is 62.3 Å². The summed E-state index contributed by atoms with van der Waals surface area (Å²) >= 11 is 0. The van der Waals surface area contributed by atoms with Gasteiger partial charge in [-0.25, -0.2) is 4.98 Å². The maximum absolute atomic E-state index is 13.0. The first-order valence-corrected chi connectivity index (χ1v) is 11.4. The van der Waals surface area contributed by atoms with Crippen LogP contribution in [-0.4, -0.2) is 53.8 Å². The number of carbonyl (C=O) groups is 1. The Hall–Kier alpha value is -3.57. The van der Waals surface area contributed by atoms with Crippen LogP contribution in [0.15, 0.2) is 53.1 Å². The number of halogens is 3. The lowest BCUT2D eigenvalue weighted by Gasteiger charge is -2.25. The van der Waals surface area contributed by atoms with Crippen LogP contribution in [0.1, 0.15) is 33.1 Å². The molecule has 3 heterocycles. The van der Waals surface area contributed by atoms with Gasteiger partial charge in [0.15, 0.2) is 17.2 Å². The Bertz CT molecular complexity index is 1210. The Balaban J connectivity index is 1.33. The molecule has 1 amide bonds. The number of rotatable bonds is 7. The number of morpholine rings is 1. The highest BCUT2D eigenvalue weighted by molar-refractivity contribution is 5.92. The number of nitrogens with zero attached hydrogens (tertiary/aromatic N) is 3. The van der Waals surface area contributed by atoms with Gasteiger partial charge in [-0.05, 0) is 35.4 Å². The molecular formula is C25H24F3N3O5. The largest absolute Gasteiger partial charge is 0.454 e. The topological polar surface area (TPSA) is 77.3 Å². The molecular weight excluding hydrogens is 479 g/mol. The highest BCUT2D eigenvalue weighted by Gasteiger charge is 2.30. The van der Waals surface area contributed by atoms with E-state index >= 15 is 0 Å². The van der Waals surface area contributed by atoms with Crippen LogP contribution in [0, 0.1) is 0 Å². The minimum Gasteiger partial charge on any atom is -0.454 e. The van der Waals surface area contributed by atoms with Gasteiger partial charge in [-0.3, -0.25) is 9.69 Å². The fourth-order valence-corrected chi connectivity index (χ4v) is 4.12. The first-order chi connectivity index (χ1) is 17.3. The second-order valence-electron chi connectivity index (χ2n) is 8.56. The Morgan fingerprint density at radius 1 is 0.944 bits per heavy atom. The third kappa shape index (κ3) is 5.63. The van der Waals surface area contributed by atoms with Crippen molar-refractivity contribution in [3.63, 3.8) is 0 Å². The summed E-state index contributed by atoms with van der Waals surface area (Å²) in [6.45, 7) is 3.11. The molecule has 0 saturated carbocycles. The molecule has 3 aromatic rings. The van der Waals surface area contributed by atoms with Crippen molar-refractivity contribution < 1.29 is 36.6 Å². The summed E-state index contributed by atoms with van der Waals surface area (Å²) in [6.07, 6.45) is -3.06. The Labute approximate surface area is 205 Å². The molecule has 0 radical (unpaired) electrons. The lowest BCUT2D eigenvalue weighted by molar-refractivity contribution is -0.137. The number of hydrogen-bond acceptors (Lipinski definition) is 7. The van der Waals surface area contributed by atoms with Gasteiger partial charge in [-0.2, -0.15) is 13.2 Å². The second-order valence-corrected chi connectivity index (χ2v) is 8.56. The molecule has 8 nitrogen and oxygen atoms in total. The van der Waals surface area contributed by atoms with Crippen molar-refractivity contribution in [1.82, 2.24) is 14.8 Å². The number of benzene rings is 2.